The van der Waals surface area contributed by atoms with Crippen LogP contribution in [0, 0.1) is 19.7 Å². The smallest absolute Gasteiger partial charge is 0.123 e. The highest BCUT2D eigenvalue weighted by molar-refractivity contribution is 5.57. The van der Waals surface area contributed by atoms with Gasteiger partial charge in [-0.05, 0) is 43.7 Å². The summed E-state index contributed by atoms with van der Waals surface area (Å²) >= 11 is 0. The van der Waals surface area contributed by atoms with E-state index in [1.165, 1.54) is 17.4 Å². The zero-order chi connectivity index (χ0) is 18.8. The number of anilines is 1. The molecule has 27 heavy (non-hydrogen) atoms. The molecule has 0 saturated carbocycles. The van der Waals surface area contributed by atoms with E-state index in [4.69, 9.17) is 5.10 Å². The Morgan fingerprint density at radius 2 is 1.67 bits per heavy atom. The maximum atomic E-state index is 13.4. The summed E-state index contributed by atoms with van der Waals surface area (Å²) in [6.07, 6.45) is 0. The highest BCUT2D eigenvalue weighted by Gasteiger charge is 2.23. The van der Waals surface area contributed by atoms with Crippen molar-refractivity contribution in [3.8, 4) is 5.69 Å². The normalized spacial score (nSPS) is 15.3. The van der Waals surface area contributed by atoms with Crippen LogP contribution in [0.2, 0.25) is 0 Å². The summed E-state index contributed by atoms with van der Waals surface area (Å²) in [4.78, 5) is 4.82. The van der Waals surface area contributed by atoms with Crippen molar-refractivity contribution >= 4 is 5.69 Å². The molecule has 3 aromatic rings. The second kappa shape index (κ2) is 7.53. The SMILES string of the molecule is Cc1nn(-c2ccccc2)c(C)c1N1CCN(Cc2cccc(F)c2)CC1. The molecule has 0 amide bonds. The fourth-order valence-corrected chi connectivity index (χ4v) is 3.94. The van der Waals surface area contributed by atoms with Crippen LogP contribution in [0.15, 0.2) is 54.6 Å². The van der Waals surface area contributed by atoms with Crippen LogP contribution in [0.1, 0.15) is 17.0 Å². The van der Waals surface area contributed by atoms with E-state index in [0.29, 0.717) is 0 Å². The molecule has 0 atom stereocenters. The molecular formula is C22H25FN4. The van der Waals surface area contributed by atoms with E-state index in [-0.39, 0.29) is 5.82 Å². The van der Waals surface area contributed by atoms with Gasteiger partial charge in [0.1, 0.15) is 5.82 Å². The van der Waals surface area contributed by atoms with E-state index in [1.807, 2.05) is 28.9 Å². The maximum Gasteiger partial charge on any atom is 0.123 e. The van der Waals surface area contributed by atoms with Gasteiger partial charge in [0.25, 0.3) is 0 Å². The fraction of sp³-hybridized carbons (Fsp3) is 0.318. The molecule has 1 aliphatic heterocycles. The molecule has 4 nitrogen and oxygen atoms in total. The third kappa shape index (κ3) is 3.74. The largest absolute Gasteiger partial charge is 0.366 e. The lowest BCUT2D eigenvalue weighted by molar-refractivity contribution is 0.249. The summed E-state index contributed by atoms with van der Waals surface area (Å²) in [5.74, 6) is -0.161. The lowest BCUT2D eigenvalue weighted by atomic mass is 10.1. The van der Waals surface area contributed by atoms with Crippen LogP contribution >= 0.6 is 0 Å². The molecule has 0 aliphatic carbocycles. The minimum atomic E-state index is -0.161. The third-order valence-corrected chi connectivity index (χ3v) is 5.24. The van der Waals surface area contributed by atoms with Crippen molar-refractivity contribution in [3.05, 3.63) is 77.4 Å². The summed E-state index contributed by atoms with van der Waals surface area (Å²) < 4.78 is 15.4. The first-order chi connectivity index (χ1) is 13.1. The lowest BCUT2D eigenvalue weighted by Crippen LogP contribution is -2.46. The van der Waals surface area contributed by atoms with E-state index in [0.717, 1.165) is 49.7 Å². The summed E-state index contributed by atoms with van der Waals surface area (Å²) in [7, 11) is 0. The summed E-state index contributed by atoms with van der Waals surface area (Å²) in [6.45, 7) is 8.86. The Kier molecular flexibility index (Phi) is 4.94. The number of hydrogen-bond acceptors (Lipinski definition) is 3. The first kappa shape index (κ1) is 17.7. The number of para-hydroxylation sites is 1. The number of rotatable bonds is 4. The Labute approximate surface area is 159 Å². The summed E-state index contributed by atoms with van der Waals surface area (Å²) in [5, 5.41) is 4.77. The topological polar surface area (TPSA) is 24.3 Å². The quantitative estimate of drug-likeness (QED) is 0.701. The van der Waals surface area contributed by atoms with Crippen LogP contribution in [0.4, 0.5) is 10.1 Å². The number of hydrogen-bond donors (Lipinski definition) is 0. The Balaban J connectivity index is 1.46. The molecule has 0 N–H and O–H groups in total. The molecule has 2 heterocycles. The molecule has 2 aromatic carbocycles. The molecule has 140 valence electrons. The number of nitrogens with zero attached hydrogens (tertiary/aromatic N) is 4. The number of piperazine rings is 1. The van der Waals surface area contributed by atoms with Gasteiger partial charge in [0, 0.05) is 32.7 Å². The van der Waals surface area contributed by atoms with E-state index in [1.54, 1.807) is 12.1 Å². The van der Waals surface area contributed by atoms with Crippen LogP contribution in [0.5, 0.6) is 0 Å². The first-order valence-electron chi connectivity index (χ1n) is 9.45. The van der Waals surface area contributed by atoms with Crippen molar-refractivity contribution < 1.29 is 4.39 Å². The molecule has 1 aliphatic rings. The van der Waals surface area contributed by atoms with Crippen LogP contribution in [0.25, 0.3) is 5.69 Å². The van der Waals surface area contributed by atoms with Gasteiger partial charge in [-0.3, -0.25) is 4.90 Å². The predicted octanol–water partition coefficient (Wildman–Crippen LogP) is 3.95. The molecule has 0 unspecified atom stereocenters. The molecule has 1 fully saturated rings. The van der Waals surface area contributed by atoms with Crippen LogP contribution in [-0.2, 0) is 6.54 Å². The molecule has 4 rings (SSSR count). The molecule has 0 spiro atoms. The average Bonchev–Trinajstić information content (AvgIpc) is 2.98. The van der Waals surface area contributed by atoms with Gasteiger partial charge in [-0.15, -0.1) is 0 Å². The van der Waals surface area contributed by atoms with Crippen molar-refractivity contribution in [1.82, 2.24) is 14.7 Å². The van der Waals surface area contributed by atoms with Crippen molar-refractivity contribution in [2.75, 3.05) is 31.1 Å². The monoisotopic (exact) mass is 364 g/mol. The van der Waals surface area contributed by atoms with E-state index >= 15 is 0 Å². The van der Waals surface area contributed by atoms with Gasteiger partial charge in [0.2, 0.25) is 0 Å². The van der Waals surface area contributed by atoms with Crippen molar-refractivity contribution in [1.29, 1.82) is 0 Å². The zero-order valence-electron chi connectivity index (χ0n) is 15.9. The average molecular weight is 364 g/mol. The summed E-state index contributed by atoms with van der Waals surface area (Å²) in [6, 6.07) is 17.2. The molecule has 1 saturated heterocycles. The number of benzene rings is 2. The van der Waals surface area contributed by atoms with E-state index in [9.17, 15) is 4.39 Å². The standard InChI is InChI=1S/C22H25FN4/c1-17-22(18(2)27(24-17)21-9-4-3-5-10-21)26-13-11-25(12-14-26)16-19-7-6-8-20(23)15-19/h3-10,15H,11-14,16H2,1-2H3. The van der Waals surface area contributed by atoms with Gasteiger partial charge in [0.15, 0.2) is 0 Å². The number of aryl methyl sites for hydroxylation is 1. The minimum absolute atomic E-state index is 0.161. The highest BCUT2D eigenvalue weighted by atomic mass is 19.1. The predicted molar refractivity (Wildman–Crippen MR) is 107 cm³/mol. The van der Waals surface area contributed by atoms with Gasteiger partial charge < -0.3 is 4.90 Å². The Morgan fingerprint density at radius 3 is 2.37 bits per heavy atom. The Hall–Kier alpha value is -2.66. The lowest BCUT2D eigenvalue weighted by Gasteiger charge is -2.36. The van der Waals surface area contributed by atoms with Gasteiger partial charge >= 0.3 is 0 Å². The third-order valence-electron chi connectivity index (χ3n) is 5.24. The molecule has 5 heteroatoms. The van der Waals surface area contributed by atoms with Crippen molar-refractivity contribution in [3.63, 3.8) is 0 Å². The number of halogens is 1. The van der Waals surface area contributed by atoms with Crippen molar-refractivity contribution in [2.45, 2.75) is 20.4 Å². The van der Waals surface area contributed by atoms with Crippen LogP contribution in [0.3, 0.4) is 0 Å². The van der Waals surface area contributed by atoms with E-state index < -0.39 is 0 Å². The van der Waals surface area contributed by atoms with E-state index in [2.05, 4.69) is 35.8 Å². The van der Waals surface area contributed by atoms with Gasteiger partial charge in [-0.25, -0.2) is 9.07 Å². The second-order valence-corrected chi connectivity index (χ2v) is 7.16. The molecular weight excluding hydrogens is 339 g/mol. The molecule has 0 radical (unpaired) electrons. The highest BCUT2D eigenvalue weighted by Crippen LogP contribution is 2.28. The molecule has 1 aromatic heterocycles. The first-order valence-corrected chi connectivity index (χ1v) is 9.45. The summed E-state index contributed by atoms with van der Waals surface area (Å²) in [5.41, 5.74) is 5.61. The second-order valence-electron chi connectivity index (χ2n) is 7.16. The minimum Gasteiger partial charge on any atom is -0.366 e. The van der Waals surface area contributed by atoms with Crippen LogP contribution < -0.4 is 4.90 Å². The number of aromatic nitrogens is 2. The Bertz CT molecular complexity index is 911. The van der Waals surface area contributed by atoms with Gasteiger partial charge in [-0.1, -0.05) is 30.3 Å². The van der Waals surface area contributed by atoms with Gasteiger partial charge in [-0.2, -0.15) is 5.10 Å². The fourth-order valence-electron chi connectivity index (χ4n) is 3.94. The Morgan fingerprint density at radius 1 is 0.926 bits per heavy atom. The molecule has 0 bridgehead atoms. The maximum absolute atomic E-state index is 13.4. The van der Waals surface area contributed by atoms with Gasteiger partial charge in [0.05, 0.1) is 22.8 Å². The zero-order valence-corrected chi connectivity index (χ0v) is 15.9. The van der Waals surface area contributed by atoms with Crippen molar-refractivity contribution in [2.24, 2.45) is 0 Å². The van der Waals surface area contributed by atoms with Crippen LogP contribution in [-0.4, -0.2) is 40.9 Å².